The second-order valence-corrected chi connectivity index (χ2v) is 7.38. The number of thiazole rings is 1. The zero-order chi connectivity index (χ0) is 18.5. The molecule has 2 heterocycles. The number of nitrogens with one attached hydrogen (secondary N) is 1. The average Bonchev–Trinajstić information content (AvgIpc) is 3.22. The molecule has 0 aliphatic carbocycles. The van der Waals surface area contributed by atoms with Crippen LogP contribution < -0.4 is 5.43 Å². The largest absolute Gasteiger partial charge is 0.294 e. The Bertz CT molecular complexity index is 935. The molecule has 1 amide bonds. The van der Waals surface area contributed by atoms with Gasteiger partial charge in [-0.05, 0) is 32.0 Å². The maximum absolute atomic E-state index is 13.5. The SMILES string of the molecule is Cc1cc(/C=N\NC(=O)CSc2ccccc2F)c(C)n1-c1nccs1. The van der Waals surface area contributed by atoms with Gasteiger partial charge in [-0.3, -0.25) is 9.36 Å². The first-order chi connectivity index (χ1) is 12.6. The molecule has 0 radical (unpaired) electrons. The lowest BCUT2D eigenvalue weighted by Crippen LogP contribution is -2.19. The molecule has 0 bridgehead atoms. The molecule has 2 aromatic heterocycles. The van der Waals surface area contributed by atoms with Crippen molar-refractivity contribution in [3.05, 3.63) is 64.7 Å². The lowest BCUT2D eigenvalue weighted by Gasteiger charge is -2.04. The van der Waals surface area contributed by atoms with Gasteiger partial charge in [-0.25, -0.2) is 14.8 Å². The highest BCUT2D eigenvalue weighted by Crippen LogP contribution is 2.22. The molecule has 1 aromatic carbocycles. The molecule has 0 saturated carbocycles. The van der Waals surface area contributed by atoms with Crippen LogP contribution in [0, 0.1) is 19.7 Å². The maximum atomic E-state index is 13.5. The van der Waals surface area contributed by atoms with E-state index in [1.165, 1.54) is 6.07 Å². The second kappa shape index (κ2) is 8.29. The number of amides is 1. The van der Waals surface area contributed by atoms with E-state index in [9.17, 15) is 9.18 Å². The summed E-state index contributed by atoms with van der Waals surface area (Å²) in [4.78, 5) is 16.6. The topological polar surface area (TPSA) is 59.3 Å². The Kier molecular flexibility index (Phi) is 5.85. The molecule has 0 aliphatic heterocycles. The third-order valence-corrected chi connectivity index (χ3v) is 5.47. The Morgan fingerprint density at radius 2 is 2.23 bits per heavy atom. The van der Waals surface area contributed by atoms with Crippen molar-refractivity contribution in [1.82, 2.24) is 15.0 Å². The van der Waals surface area contributed by atoms with Crippen LogP contribution in [0.3, 0.4) is 0 Å². The Morgan fingerprint density at radius 3 is 2.96 bits per heavy atom. The fraction of sp³-hybridized carbons (Fsp3) is 0.167. The van der Waals surface area contributed by atoms with Crippen molar-refractivity contribution in [1.29, 1.82) is 0 Å². The third kappa shape index (κ3) is 4.20. The summed E-state index contributed by atoms with van der Waals surface area (Å²) in [6.07, 6.45) is 3.37. The van der Waals surface area contributed by atoms with Crippen molar-refractivity contribution in [2.45, 2.75) is 18.7 Å². The normalized spacial score (nSPS) is 11.2. The molecule has 0 aliphatic rings. The van der Waals surface area contributed by atoms with E-state index in [1.807, 2.05) is 29.9 Å². The van der Waals surface area contributed by atoms with Gasteiger partial charge in [-0.15, -0.1) is 23.1 Å². The van der Waals surface area contributed by atoms with Gasteiger partial charge in [0.1, 0.15) is 5.82 Å². The van der Waals surface area contributed by atoms with Crippen molar-refractivity contribution in [2.75, 3.05) is 5.75 Å². The number of carbonyl (C=O) groups is 1. The number of benzene rings is 1. The van der Waals surface area contributed by atoms with Crippen LogP contribution in [0.2, 0.25) is 0 Å². The number of nitrogens with zero attached hydrogens (tertiary/aromatic N) is 3. The molecule has 0 unspecified atom stereocenters. The van der Waals surface area contributed by atoms with Gasteiger partial charge in [0.25, 0.3) is 0 Å². The summed E-state index contributed by atoms with van der Waals surface area (Å²) in [6, 6.07) is 8.35. The molecule has 0 spiro atoms. The minimum atomic E-state index is -0.330. The fourth-order valence-electron chi connectivity index (χ4n) is 2.45. The van der Waals surface area contributed by atoms with Crippen LogP contribution in [0.1, 0.15) is 17.0 Å². The van der Waals surface area contributed by atoms with Gasteiger partial charge >= 0.3 is 0 Å². The standard InChI is InChI=1S/C18H17FN4OS2/c1-12-9-14(13(2)23(12)18-20-7-8-25-18)10-21-22-17(24)11-26-16-6-4-3-5-15(16)19/h3-10H,11H2,1-2H3,(H,22,24)/b21-10-. The number of aromatic nitrogens is 2. The van der Waals surface area contributed by atoms with E-state index in [2.05, 4.69) is 15.5 Å². The highest BCUT2D eigenvalue weighted by molar-refractivity contribution is 8.00. The van der Waals surface area contributed by atoms with Gasteiger partial charge in [0.15, 0.2) is 5.13 Å². The first-order valence-electron chi connectivity index (χ1n) is 7.84. The molecule has 3 aromatic rings. The number of halogens is 1. The third-order valence-electron chi connectivity index (χ3n) is 3.67. The van der Waals surface area contributed by atoms with Crippen LogP contribution in [0.4, 0.5) is 4.39 Å². The monoisotopic (exact) mass is 388 g/mol. The first-order valence-corrected chi connectivity index (χ1v) is 9.71. The van der Waals surface area contributed by atoms with E-state index in [0.29, 0.717) is 4.90 Å². The van der Waals surface area contributed by atoms with E-state index in [1.54, 1.807) is 41.9 Å². The molecule has 1 N–H and O–H groups in total. The van der Waals surface area contributed by atoms with Gasteiger partial charge in [-0.1, -0.05) is 12.1 Å². The number of rotatable bonds is 6. The van der Waals surface area contributed by atoms with Crippen molar-refractivity contribution >= 4 is 35.2 Å². The molecule has 0 atom stereocenters. The molecule has 0 fully saturated rings. The predicted molar refractivity (Wildman–Crippen MR) is 104 cm³/mol. The van der Waals surface area contributed by atoms with E-state index < -0.39 is 0 Å². The van der Waals surface area contributed by atoms with Crippen LogP contribution >= 0.6 is 23.1 Å². The van der Waals surface area contributed by atoms with Crippen molar-refractivity contribution < 1.29 is 9.18 Å². The zero-order valence-electron chi connectivity index (χ0n) is 14.3. The summed E-state index contributed by atoms with van der Waals surface area (Å²) in [5.41, 5.74) is 5.42. The maximum Gasteiger partial charge on any atom is 0.250 e. The number of hydrogen-bond donors (Lipinski definition) is 1. The Labute approximate surface area is 159 Å². The molecule has 134 valence electrons. The van der Waals surface area contributed by atoms with Gasteiger partial charge in [0, 0.05) is 33.4 Å². The van der Waals surface area contributed by atoms with Gasteiger partial charge in [0.05, 0.1) is 12.0 Å². The average molecular weight is 388 g/mol. The smallest absolute Gasteiger partial charge is 0.250 e. The fourth-order valence-corrected chi connectivity index (χ4v) is 3.93. The zero-order valence-corrected chi connectivity index (χ0v) is 15.9. The van der Waals surface area contributed by atoms with Gasteiger partial charge in [-0.2, -0.15) is 5.10 Å². The Balaban J connectivity index is 1.60. The summed E-state index contributed by atoms with van der Waals surface area (Å²) in [7, 11) is 0. The van der Waals surface area contributed by atoms with Gasteiger partial charge < -0.3 is 0 Å². The van der Waals surface area contributed by atoms with Crippen molar-refractivity contribution in [3.8, 4) is 5.13 Å². The second-order valence-electron chi connectivity index (χ2n) is 5.49. The summed E-state index contributed by atoms with van der Waals surface area (Å²) in [5, 5.41) is 6.83. The lowest BCUT2D eigenvalue weighted by molar-refractivity contribution is -0.118. The number of hydrazone groups is 1. The van der Waals surface area contributed by atoms with Crippen molar-refractivity contribution in [2.24, 2.45) is 5.10 Å². The Morgan fingerprint density at radius 1 is 1.42 bits per heavy atom. The number of hydrogen-bond acceptors (Lipinski definition) is 5. The summed E-state index contributed by atoms with van der Waals surface area (Å²) < 4.78 is 15.6. The molecule has 0 saturated heterocycles. The van der Waals surface area contributed by atoms with Crippen LogP contribution in [0.5, 0.6) is 0 Å². The Hall–Kier alpha value is -2.45. The molecule has 5 nitrogen and oxygen atoms in total. The number of thioether (sulfide) groups is 1. The quantitative estimate of drug-likeness (QED) is 0.395. The van der Waals surface area contributed by atoms with E-state index in [4.69, 9.17) is 0 Å². The number of carbonyl (C=O) groups excluding carboxylic acids is 1. The summed E-state index contributed by atoms with van der Waals surface area (Å²) in [6.45, 7) is 3.97. The van der Waals surface area contributed by atoms with Crippen molar-refractivity contribution in [3.63, 3.8) is 0 Å². The summed E-state index contributed by atoms with van der Waals surface area (Å²) >= 11 is 2.69. The lowest BCUT2D eigenvalue weighted by atomic mass is 10.3. The highest BCUT2D eigenvalue weighted by atomic mass is 32.2. The molecule has 26 heavy (non-hydrogen) atoms. The highest BCUT2D eigenvalue weighted by Gasteiger charge is 2.11. The predicted octanol–water partition coefficient (Wildman–Crippen LogP) is 3.93. The first kappa shape index (κ1) is 18.3. The van der Waals surface area contributed by atoms with E-state index in [0.717, 1.165) is 33.8 Å². The van der Waals surface area contributed by atoms with Gasteiger partial charge in [0.2, 0.25) is 5.91 Å². The van der Waals surface area contributed by atoms with Crippen LogP contribution in [-0.4, -0.2) is 27.4 Å². The summed E-state index contributed by atoms with van der Waals surface area (Å²) in [5.74, 6) is -0.525. The minimum absolute atomic E-state index is 0.0937. The van der Waals surface area contributed by atoms with Crippen LogP contribution in [-0.2, 0) is 4.79 Å². The molecule has 8 heteroatoms. The molecule has 3 rings (SSSR count). The van der Waals surface area contributed by atoms with E-state index in [-0.39, 0.29) is 17.5 Å². The molecular formula is C18H17FN4OS2. The van der Waals surface area contributed by atoms with Crippen LogP contribution in [0.15, 0.2) is 51.9 Å². The minimum Gasteiger partial charge on any atom is -0.294 e. The molecular weight excluding hydrogens is 371 g/mol. The number of aryl methyl sites for hydroxylation is 1. The van der Waals surface area contributed by atoms with E-state index >= 15 is 0 Å². The van der Waals surface area contributed by atoms with Crippen LogP contribution in [0.25, 0.3) is 5.13 Å².